The average molecular weight is 157 g/mol. The van der Waals surface area contributed by atoms with Gasteiger partial charge in [0.1, 0.15) is 0 Å². The summed E-state index contributed by atoms with van der Waals surface area (Å²) >= 11 is 0. The van der Waals surface area contributed by atoms with Gasteiger partial charge < -0.3 is 16.8 Å². The number of urea groups is 1. The maximum atomic E-state index is 10.6. The van der Waals surface area contributed by atoms with Gasteiger partial charge in [0, 0.05) is 6.54 Å². The van der Waals surface area contributed by atoms with Crippen molar-refractivity contribution in [3.8, 4) is 0 Å². The number of carbonyl (C=O) groups is 1. The largest absolute Gasteiger partial charge is 0.352 e. The number of rotatable bonds is 2. The molecule has 5 N–H and O–H groups in total. The van der Waals surface area contributed by atoms with E-state index in [0.717, 1.165) is 25.7 Å². The number of nitrogens with two attached hydrogens (primary N) is 2. The molecule has 0 aromatic carbocycles. The predicted octanol–water partition coefficient (Wildman–Crippen LogP) is -0.0738. The molecule has 1 aliphatic rings. The Hall–Kier alpha value is -0.770. The molecule has 0 unspecified atom stereocenters. The van der Waals surface area contributed by atoms with E-state index in [0.29, 0.717) is 6.54 Å². The minimum Gasteiger partial charge on any atom is -0.352 e. The molecule has 64 valence electrons. The molecular weight excluding hydrogens is 142 g/mol. The topological polar surface area (TPSA) is 81.1 Å². The van der Waals surface area contributed by atoms with Crippen LogP contribution in [0.1, 0.15) is 25.7 Å². The van der Waals surface area contributed by atoms with Crippen molar-refractivity contribution in [2.75, 3.05) is 6.54 Å². The molecule has 1 saturated carbocycles. The molecule has 0 atom stereocenters. The third-order valence-electron chi connectivity index (χ3n) is 2.34. The molecule has 2 amide bonds. The van der Waals surface area contributed by atoms with Crippen LogP contribution in [-0.2, 0) is 0 Å². The lowest BCUT2D eigenvalue weighted by atomic mass is 9.98. The van der Waals surface area contributed by atoms with Gasteiger partial charge in [-0.2, -0.15) is 0 Å². The Bertz CT molecular complexity index is 152. The highest BCUT2D eigenvalue weighted by Gasteiger charge is 2.32. The molecule has 1 rings (SSSR count). The molecular formula is C7H15N3O. The van der Waals surface area contributed by atoms with E-state index in [9.17, 15) is 4.79 Å². The van der Waals surface area contributed by atoms with Crippen molar-refractivity contribution in [3.05, 3.63) is 0 Å². The third kappa shape index (κ3) is 1.83. The van der Waals surface area contributed by atoms with E-state index in [2.05, 4.69) is 5.32 Å². The van der Waals surface area contributed by atoms with E-state index in [1.54, 1.807) is 0 Å². The van der Waals surface area contributed by atoms with Crippen LogP contribution in [0, 0.1) is 0 Å². The maximum Gasteiger partial charge on any atom is 0.312 e. The molecule has 0 aromatic heterocycles. The van der Waals surface area contributed by atoms with Gasteiger partial charge in [0.25, 0.3) is 0 Å². The number of carbonyl (C=O) groups excluding carboxylic acids is 1. The van der Waals surface area contributed by atoms with E-state index in [-0.39, 0.29) is 5.54 Å². The first-order valence-corrected chi connectivity index (χ1v) is 3.96. The minimum absolute atomic E-state index is 0.189. The Morgan fingerprint density at radius 2 is 2.00 bits per heavy atom. The van der Waals surface area contributed by atoms with Crippen molar-refractivity contribution in [2.45, 2.75) is 31.2 Å². The Labute approximate surface area is 66.3 Å². The predicted molar refractivity (Wildman–Crippen MR) is 43.0 cm³/mol. The fourth-order valence-electron chi connectivity index (χ4n) is 1.69. The second-order valence-electron chi connectivity index (χ2n) is 3.18. The Morgan fingerprint density at radius 3 is 2.36 bits per heavy atom. The number of hydrogen-bond acceptors (Lipinski definition) is 2. The van der Waals surface area contributed by atoms with Crippen molar-refractivity contribution in [1.29, 1.82) is 0 Å². The second kappa shape index (κ2) is 3.09. The summed E-state index contributed by atoms with van der Waals surface area (Å²) in [6.45, 7) is 0.496. The van der Waals surface area contributed by atoms with Gasteiger partial charge in [-0.3, -0.25) is 0 Å². The number of nitrogens with one attached hydrogen (secondary N) is 1. The molecule has 0 spiro atoms. The van der Waals surface area contributed by atoms with Crippen LogP contribution >= 0.6 is 0 Å². The molecule has 0 aliphatic heterocycles. The van der Waals surface area contributed by atoms with Crippen LogP contribution in [-0.4, -0.2) is 18.1 Å². The highest BCUT2D eigenvalue weighted by molar-refractivity contribution is 5.72. The minimum atomic E-state index is -0.461. The Kier molecular flexibility index (Phi) is 2.34. The fraction of sp³-hybridized carbons (Fsp3) is 0.857. The monoisotopic (exact) mass is 157 g/mol. The van der Waals surface area contributed by atoms with Gasteiger partial charge in [-0.25, -0.2) is 4.79 Å². The first-order chi connectivity index (χ1) is 5.18. The summed E-state index contributed by atoms with van der Waals surface area (Å²) in [5.74, 6) is 0. The van der Waals surface area contributed by atoms with E-state index in [4.69, 9.17) is 11.5 Å². The Balaban J connectivity index is 2.52. The SMILES string of the molecule is NCC1(NC(N)=O)CCCC1. The molecule has 0 radical (unpaired) electrons. The second-order valence-corrected chi connectivity index (χ2v) is 3.18. The van der Waals surface area contributed by atoms with Crippen LogP contribution in [0.3, 0.4) is 0 Å². The average Bonchev–Trinajstić information content (AvgIpc) is 2.36. The van der Waals surface area contributed by atoms with E-state index in [1.165, 1.54) is 0 Å². The summed E-state index contributed by atoms with van der Waals surface area (Å²) < 4.78 is 0. The van der Waals surface area contributed by atoms with Crippen molar-refractivity contribution >= 4 is 6.03 Å². The standard InChI is InChI=1S/C7H15N3O/c8-5-7(10-6(9)11)3-1-2-4-7/h1-5,8H2,(H3,9,10,11). The lowest BCUT2D eigenvalue weighted by Gasteiger charge is -2.27. The molecule has 0 heterocycles. The summed E-state index contributed by atoms with van der Waals surface area (Å²) in [4.78, 5) is 10.6. The van der Waals surface area contributed by atoms with Gasteiger partial charge in [-0.15, -0.1) is 0 Å². The summed E-state index contributed by atoms with van der Waals surface area (Å²) in [6.07, 6.45) is 4.20. The fourth-order valence-corrected chi connectivity index (χ4v) is 1.69. The zero-order valence-electron chi connectivity index (χ0n) is 6.60. The molecule has 4 heteroatoms. The smallest absolute Gasteiger partial charge is 0.312 e. The molecule has 1 fully saturated rings. The van der Waals surface area contributed by atoms with Crippen molar-refractivity contribution < 1.29 is 4.79 Å². The lowest BCUT2D eigenvalue weighted by Crippen LogP contribution is -2.53. The van der Waals surface area contributed by atoms with E-state index < -0.39 is 6.03 Å². The highest BCUT2D eigenvalue weighted by Crippen LogP contribution is 2.28. The first-order valence-electron chi connectivity index (χ1n) is 3.96. The van der Waals surface area contributed by atoms with Crippen LogP contribution in [0.2, 0.25) is 0 Å². The summed E-state index contributed by atoms with van der Waals surface area (Å²) in [5.41, 5.74) is 10.4. The summed E-state index contributed by atoms with van der Waals surface area (Å²) in [5, 5.41) is 2.72. The number of primary amides is 1. The molecule has 11 heavy (non-hydrogen) atoms. The van der Waals surface area contributed by atoms with Crippen LogP contribution in [0.25, 0.3) is 0 Å². The molecule has 0 aromatic rings. The normalized spacial score (nSPS) is 21.5. The van der Waals surface area contributed by atoms with Gasteiger partial charge in [0.05, 0.1) is 5.54 Å². The van der Waals surface area contributed by atoms with Gasteiger partial charge in [-0.05, 0) is 12.8 Å². The zero-order chi connectivity index (χ0) is 8.32. The number of hydrogen-bond donors (Lipinski definition) is 3. The maximum absolute atomic E-state index is 10.6. The molecule has 4 nitrogen and oxygen atoms in total. The van der Waals surface area contributed by atoms with E-state index in [1.807, 2.05) is 0 Å². The van der Waals surface area contributed by atoms with Gasteiger partial charge in [-0.1, -0.05) is 12.8 Å². The zero-order valence-corrected chi connectivity index (χ0v) is 6.60. The van der Waals surface area contributed by atoms with Gasteiger partial charge in [0.2, 0.25) is 0 Å². The van der Waals surface area contributed by atoms with Crippen molar-refractivity contribution in [1.82, 2.24) is 5.32 Å². The quantitative estimate of drug-likeness (QED) is 0.524. The van der Waals surface area contributed by atoms with E-state index >= 15 is 0 Å². The number of amides is 2. The summed E-state index contributed by atoms with van der Waals surface area (Å²) in [7, 11) is 0. The van der Waals surface area contributed by atoms with Crippen LogP contribution in [0.15, 0.2) is 0 Å². The van der Waals surface area contributed by atoms with Gasteiger partial charge >= 0.3 is 6.03 Å². The molecule has 0 bridgehead atoms. The molecule has 0 saturated heterocycles. The third-order valence-corrected chi connectivity index (χ3v) is 2.34. The lowest BCUT2D eigenvalue weighted by molar-refractivity contribution is 0.234. The van der Waals surface area contributed by atoms with Crippen molar-refractivity contribution in [3.63, 3.8) is 0 Å². The highest BCUT2D eigenvalue weighted by atomic mass is 16.2. The molecule has 1 aliphatic carbocycles. The van der Waals surface area contributed by atoms with Crippen LogP contribution < -0.4 is 16.8 Å². The van der Waals surface area contributed by atoms with Crippen LogP contribution in [0.5, 0.6) is 0 Å². The Morgan fingerprint density at radius 1 is 1.45 bits per heavy atom. The van der Waals surface area contributed by atoms with Gasteiger partial charge in [0.15, 0.2) is 0 Å². The summed E-state index contributed by atoms with van der Waals surface area (Å²) in [6, 6.07) is -0.461. The first kappa shape index (κ1) is 8.33. The van der Waals surface area contributed by atoms with Crippen molar-refractivity contribution in [2.24, 2.45) is 11.5 Å². The van der Waals surface area contributed by atoms with Crippen LogP contribution in [0.4, 0.5) is 4.79 Å².